The zero-order valence-corrected chi connectivity index (χ0v) is 10.6. The first-order valence-corrected chi connectivity index (χ1v) is 6.25. The minimum atomic E-state index is 0.589. The molecule has 0 aliphatic carbocycles. The number of anilines is 1. The summed E-state index contributed by atoms with van der Waals surface area (Å²) in [6.45, 7) is 7.89. The summed E-state index contributed by atoms with van der Waals surface area (Å²) in [6, 6.07) is 9.16. The van der Waals surface area contributed by atoms with Crippen molar-refractivity contribution < 1.29 is 4.74 Å². The standard InChI is InChI=1S/C12H17NO.C2H6/c1-10-2-4-11(5-3-10)13-12-6-8-14-9-7-12;1-2/h2-5,12-13H,6-9H2,1H3;1-2H3. The third-order valence-electron chi connectivity index (χ3n) is 2.64. The van der Waals surface area contributed by atoms with Crippen LogP contribution in [0, 0.1) is 6.92 Å². The molecule has 0 bridgehead atoms. The minimum absolute atomic E-state index is 0.589. The molecule has 1 aromatic rings. The molecule has 2 rings (SSSR count). The average molecular weight is 221 g/mol. The lowest BCUT2D eigenvalue weighted by Crippen LogP contribution is -2.27. The largest absolute Gasteiger partial charge is 0.382 e. The fourth-order valence-electron chi connectivity index (χ4n) is 1.73. The van der Waals surface area contributed by atoms with Crippen LogP contribution in [0.2, 0.25) is 0 Å². The predicted octanol–water partition coefficient (Wildman–Crippen LogP) is 3.61. The summed E-state index contributed by atoms with van der Waals surface area (Å²) < 4.78 is 5.32. The summed E-state index contributed by atoms with van der Waals surface area (Å²) in [6.07, 6.45) is 2.24. The zero-order valence-electron chi connectivity index (χ0n) is 10.6. The molecule has 2 nitrogen and oxygen atoms in total. The molecule has 1 aromatic carbocycles. The van der Waals surface area contributed by atoms with Gasteiger partial charge in [-0.25, -0.2) is 0 Å². The van der Waals surface area contributed by atoms with E-state index in [0.29, 0.717) is 6.04 Å². The number of aryl methyl sites for hydroxylation is 1. The first-order chi connectivity index (χ1) is 7.84. The van der Waals surface area contributed by atoms with Crippen molar-refractivity contribution in [2.75, 3.05) is 18.5 Å². The van der Waals surface area contributed by atoms with Crippen LogP contribution in [0.5, 0.6) is 0 Å². The molecule has 1 N–H and O–H groups in total. The second-order valence-electron chi connectivity index (χ2n) is 3.90. The zero-order chi connectivity index (χ0) is 11.8. The van der Waals surface area contributed by atoms with Gasteiger partial charge in [0.05, 0.1) is 0 Å². The van der Waals surface area contributed by atoms with Crippen molar-refractivity contribution in [3.05, 3.63) is 29.8 Å². The van der Waals surface area contributed by atoms with Crippen LogP contribution in [0.4, 0.5) is 5.69 Å². The van der Waals surface area contributed by atoms with Crippen molar-refractivity contribution in [3.8, 4) is 0 Å². The Morgan fingerprint density at radius 2 is 1.62 bits per heavy atom. The maximum atomic E-state index is 5.32. The third kappa shape index (κ3) is 4.23. The van der Waals surface area contributed by atoms with E-state index in [1.165, 1.54) is 11.3 Å². The Bertz CT molecular complexity index is 275. The van der Waals surface area contributed by atoms with Crippen molar-refractivity contribution in [2.24, 2.45) is 0 Å². The molecule has 90 valence electrons. The number of ether oxygens (including phenoxy) is 1. The molecule has 1 aliphatic rings. The van der Waals surface area contributed by atoms with E-state index in [1.54, 1.807) is 0 Å². The van der Waals surface area contributed by atoms with Gasteiger partial charge in [-0.05, 0) is 31.9 Å². The normalized spacial score (nSPS) is 16.2. The van der Waals surface area contributed by atoms with Crippen LogP contribution in [0.25, 0.3) is 0 Å². The molecule has 0 amide bonds. The van der Waals surface area contributed by atoms with Gasteiger partial charge in [-0.15, -0.1) is 0 Å². The maximum Gasteiger partial charge on any atom is 0.0485 e. The molecule has 0 saturated carbocycles. The summed E-state index contributed by atoms with van der Waals surface area (Å²) in [5.41, 5.74) is 2.53. The Balaban J connectivity index is 0.000000606. The molecular formula is C14H23NO. The van der Waals surface area contributed by atoms with Crippen molar-refractivity contribution in [3.63, 3.8) is 0 Å². The third-order valence-corrected chi connectivity index (χ3v) is 2.64. The molecule has 1 fully saturated rings. The van der Waals surface area contributed by atoms with Gasteiger partial charge in [0.2, 0.25) is 0 Å². The fourth-order valence-corrected chi connectivity index (χ4v) is 1.73. The highest BCUT2D eigenvalue weighted by atomic mass is 16.5. The van der Waals surface area contributed by atoms with Crippen molar-refractivity contribution >= 4 is 5.69 Å². The van der Waals surface area contributed by atoms with Gasteiger partial charge >= 0.3 is 0 Å². The second-order valence-corrected chi connectivity index (χ2v) is 3.90. The summed E-state index contributed by atoms with van der Waals surface area (Å²) in [7, 11) is 0. The quantitative estimate of drug-likeness (QED) is 0.823. The highest BCUT2D eigenvalue weighted by molar-refractivity contribution is 5.45. The molecular weight excluding hydrogens is 198 g/mol. The van der Waals surface area contributed by atoms with Gasteiger partial charge in [-0.3, -0.25) is 0 Å². The lowest BCUT2D eigenvalue weighted by Gasteiger charge is -2.24. The van der Waals surface area contributed by atoms with Gasteiger partial charge in [0, 0.05) is 24.9 Å². The summed E-state index contributed by atoms with van der Waals surface area (Å²) >= 11 is 0. The van der Waals surface area contributed by atoms with E-state index in [4.69, 9.17) is 4.74 Å². The molecule has 1 aliphatic heterocycles. The first-order valence-electron chi connectivity index (χ1n) is 6.25. The Hall–Kier alpha value is -1.02. The molecule has 0 aromatic heterocycles. The van der Waals surface area contributed by atoms with Gasteiger partial charge in [-0.1, -0.05) is 31.5 Å². The van der Waals surface area contributed by atoms with Crippen LogP contribution in [0.15, 0.2) is 24.3 Å². The SMILES string of the molecule is CC.Cc1ccc(NC2CCOCC2)cc1. The molecule has 0 atom stereocenters. The number of rotatable bonds is 2. The van der Waals surface area contributed by atoms with Crippen molar-refractivity contribution in [1.29, 1.82) is 0 Å². The Morgan fingerprint density at radius 3 is 2.19 bits per heavy atom. The highest BCUT2D eigenvalue weighted by Gasteiger charge is 2.12. The molecule has 1 saturated heterocycles. The van der Waals surface area contributed by atoms with E-state index in [1.807, 2.05) is 13.8 Å². The van der Waals surface area contributed by atoms with Crippen LogP contribution in [0.3, 0.4) is 0 Å². The summed E-state index contributed by atoms with van der Waals surface area (Å²) in [4.78, 5) is 0. The van der Waals surface area contributed by atoms with E-state index >= 15 is 0 Å². The molecule has 2 heteroatoms. The number of nitrogens with one attached hydrogen (secondary N) is 1. The maximum absolute atomic E-state index is 5.32. The van der Waals surface area contributed by atoms with E-state index in [9.17, 15) is 0 Å². The average Bonchev–Trinajstić information content (AvgIpc) is 2.36. The summed E-state index contributed by atoms with van der Waals surface area (Å²) in [5, 5.41) is 3.53. The van der Waals surface area contributed by atoms with Gasteiger partial charge in [0.15, 0.2) is 0 Å². The van der Waals surface area contributed by atoms with Crippen LogP contribution >= 0.6 is 0 Å². The van der Waals surface area contributed by atoms with Crippen LogP contribution in [-0.2, 0) is 4.74 Å². The topological polar surface area (TPSA) is 21.3 Å². The Kier molecular flexibility index (Phi) is 5.94. The molecule has 0 spiro atoms. The van der Waals surface area contributed by atoms with Gasteiger partial charge in [0.25, 0.3) is 0 Å². The lowest BCUT2D eigenvalue weighted by molar-refractivity contribution is 0.0904. The number of benzene rings is 1. The minimum Gasteiger partial charge on any atom is -0.382 e. The van der Waals surface area contributed by atoms with Crippen LogP contribution < -0.4 is 5.32 Å². The Labute approximate surface area is 99.0 Å². The van der Waals surface area contributed by atoms with Crippen molar-refractivity contribution in [2.45, 2.75) is 39.7 Å². The predicted molar refractivity (Wildman–Crippen MR) is 70.0 cm³/mol. The van der Waals surface area contributed by atoms with Gasteiger partial charge < -0.3 is 10.1 Å². The fraction of sp³-hybridized carbons (Fsp3) is 0.571. The van der Waals surface area contributed by atoms with Crippen LogP contribution in [0.1, 0.15) is 32.3 Å². The molecule has 0 radical (unpaired) electrons. The number of hydrogen-bond acceptors (Lipinski definition) is 2. The van der Waals surface area contributed by atoms with Crippen molar-refractivity contribution in [1.82, 2.24) is 0 Å². The Morgan fingerprint density at radius 1 is 1.06 bits per heavy atom. The van der Waals surface area contributed by atoms with Gasteiger partial charge in [0.1, 0.15) is 0 Å². The molecule has 0 unspecified atom stereocenters. The highest BCUT2D eigenvalue weighted by Crippen LogP contribution is 2.15. The lowest BCUT2D eigenvalue weighted by atomic mass is 10.1. The molecule has 16 heavy (non-hydrogen) atoms. The van der Waals surface area contributed by atoms with E-state index in [-0.39, 0.29) is 0 Å². The van der Waals surface area contributed by atoms with E-state index in [0.717, 1.165) is 26.1 Å². The number of hydrogen-bond donors (Lipinski definition) is 1. The van der Waals surface area contributed by atoms with E-state index < -0.39 is 0 Å². The first kappa shape index (κ1) is 13.0. The van der Waals surface area contributed by atoms with Gasteiger partial charge in [-0.2, -0.15) is 0 Å². The van der Waals surface area contributed by atoms with Crippen LogP contribution in [-0.4, -0.2) is 19.3 Å². The second kappa shape index (κ2) is 7.29. The molecule has 1 heterocycles. The monoisotopic (exact) mass is 221 g/mol. The summed E-state index contributed by atoms with van der Waals surface area (Å²) in [5.74, 6) is 0. The smallest absolute Gasteiger partial charge is 0.0485 e. The van der Waals surface area contributed by atoms with E-state index in [2.05, 4.69) is 36.5 Å².